The van der Waals surface area contributed by atoms with Crippen molar-refractivity contribution in [2.24, 2.45) is 5.73 Å². The van der Waals surface area contributed by atoms with Gasteiger partial charge in [-0.15, -0.1) is 0 Å². The van der Waals surface area contributed by atoms with Crippen molar-refractivity contribution in [1.82, 2.24) is 10.1 Å². The zero-order valence-corrected chi connectivity index (χ0v) is 12.0. The highest BCUT2D eigenvalue weighted by Gasteiger charge is 2.19. The molecule has 0 saturated heterocycles. The van der Waals surface area contributed by atoms with E-state index in [4.69, 9.17) is 10.3 Å². The topological polar surface area (TPSA) is 85.2 Å². The van der Waals surface area contributed by atoms with Gasteiger partial charge in [-0.2, -0.15) is 4.98 Å². The molecule has 0 aliphatic heterocycles. The van der Waals surface area contributed by atoms with Crippen molar-refractivity contribution in [3.8, 4) is 17.1 Å². The van der Waals surface area contributed by atoms with Crippen molar-refractivity contribution < 1.29 is 9.63 Å². The second-order valence-electron chi connectivity index (χ2n) is 4.13. The van der Waals surface area contributed by atoms with Crippen molar-refractivity contribution in [3.63, 3.8) is 0 Å². The molecule has 0 atom stereocenters. The SMILES string of the molecule is Cc1c(C)c(-c2noc(CN)n2)c(C)c(Br)c1O. The number of hydrogen-bond donors (Lipinski definition) is 2. The molecule has 0 radical (unpaired) electrons. The van der Waals surface area contributed by atoms with E-state index in [9.17, 15) is 5.11 Å². The number of benzene rings is 1. The lowest BCUT2D eigenvalue weighted by molar-refractivity contribution is 0.380. The maximum Gasteiger partial charge on any atom is 0.240 e. The van der Waals surface area contributed by atoms with Crippen LogP contribution in [0.2, 0.25) is 0 Å². The highest BCUT2D eigenvalue weighted by molar-refractivity contribution is 9.10. The van der Waals surface area contributed by atoms with Gasteiger partial charge in [-0.3, -0.25) is 0 Å². The first-order chi connectivity index (χ1) is 8.47. The van der Waals surface area contributed by atoms with Crippen LogP contribution in [0.1, 0.15) is 22.6 Å². The monoisotopic (exact) mass is 311 g/mol. The standard InChI is InChI=1S/C12H14BrN3O2/c1-5-6(2)11(17)10(13)7(3)9(5)12-15-8(4-14)18-16-12/h17H,4,14H2,1-3H3. The molecular formula is C12H14BrN3O2. The molecule has 1 aromatic carbocycles. The molecular weight excluding hydrogens is 298 g/mol. The van der Waals surface area contributed by atoms with Crippen LogP contribution in [0.5, 0.6) is 5.75 Å². The zero-order chi connectivity index (χ0) is 13.4. The molecule has 0 aliphatic rings. The first kappa shape index (κ1) is 13.0. The Balaban J connectivity index is 2.71. The highest BCUT2D eigenvalue weighted by Crippen LogP contribution is 2.39. The van der Waals surface area contributed by atoms with Crippen molar-refractivity contribution in [1.29, 1.82) is 0 Å². The number of halogens is 1. The molecule has 5 nitrogen and oxygen atoms in total. The number of nitrogens with zero attached hydrogens (tertiary/aromatic N) is 2. The van der Waals surface area contributed by atoms with Crippen LogP contribution in [0.25, 0.3) is 11.4 Å². The second-order valence-corrected chi connectivity index (χ2v) is 4.92. The van der Waals surface area contributed by atoms with Crippen LogP contribution in [-0.2, 0) is 6.54 Å². The van der Waals surface area contributed by atoms with Gasteiger partial charge in [-0.1, -0.05) is 5.16 Å². The molecule has 0 aliphatic carbocycles. The molecule has 1 aromatic heterocycles. The van der Waals surface area contributed by atoms with Crippen LogP contribution < -0.4 is 5.73 Å². The second kappa shape index (κ2) is 4.70. The molecule has 3 N–H and O–H groups in total. The van der Waals surface area contributed by atoms with Gasteiger partial charge >= 0.3 is 0 Å². The Bertz CT molecular complexity index is 579. The van der Waals surface area contributed by atoms with E-state index in [2.05, 4.69) is 26.1 Å². The van der Waals surface area contributed by atoms with Gasteiger partial charge in [0.05, 0.1) is 11.0 Å². The van der Waals surface area contributed by atoms with Crippen molar-refractivity contribution in [2.75, 3.05) is 0 Å². The lowest BCUT2D eigenvalue weighted by Gasteiger charge is -2.13. The average Bonchev–Trinajstić information content (AvgIpc) is 2.83. The van der Waals surface area contributed by atoms with E-state index in [0.717, 1.165) is 22.3 Å². The Kier molecular flexibility index (Phi) is 3.41. The Labute approximate surface area is 113 Å². The molecule has 0 unspecified atom stereocenters. The number of phenols is 1. The summed E-state index contributed by atoms with van der Waals surface area (Å²) in [5.74, 6) is 1.14. The zero-order valence-electron chi connectivity index (χ0n) is 10.4. The first-order valence-electron chi connectivity index (χ1n) is 5.48. The molecule has 2 aromatic rings. The first-order valence-corrected chi connectivity index (χ1v) is 6.27. The quantitative estimate of drug-likeness (QED) is 0.890. The smallest absolute Gasteiger partial charge is 0.240 e. The summed E-state index contributed by atoms with van der Waals surface area (Å²) in [6.07, 6.45) is 0. The van der Waals surface area contributed by atoms with Crippen LogP contribution in [0.3, 0.4) is 0 Å². The Morgan fingerprint density at radius 3 is 2.44 bits per heavy atom. The number of nitrogens with two attached hydrogens (primary N) is 1. The van der Waals surface area contributed by atoms with Gasteiger partial charge in [-0.05, 0) is 53.4 Å². The van der Waals surface area contributed by atoms with Crippen LogP contribution in [-0.4, -0.2) is 15.2 Å². The molecule has 0 spiro atoms. The fraction of sp³-hybridized carbons (Fsp3) is 0.333. The number of hydrogen-bond acceptors (Lipinski definition) is 5. The summed E-state index contributed by atoms with van der Waals surface area (Å²) in [5, 5.41) is 13.9. The average molecular weight is 312 g/mol. The van der Waals surface area contributed by atoms with Gasteiger partial charge in [0.2, 0.25) is 11.7 Å². The van der Waals surface area contributed by atoms with Gasteiger partial charge in [0.15, 0.2) is 0 Å². The molecule has 96 valence electrons. The Morgan fingerprint density at radius 2 is 1.89 bits per heavy atom. The van der Waals surface area contributed by atoms with E-state index in [1.54, 1.807) is 0 Å². The highest BCUT2D eigenvalue weighted by atomic mass is 79.9. The molecule has 0 bridgehead atoms. The van der Waals surface area contributed by atoms with Crippen molar-refractivity contribution >= 4 is 15.9 Å². The third kappa shape index (κ3) is 1.91. The molecule has 0 saturated carbocycles. The molecule has 6 heteroatoms. The van der Waals surface area contributed by atoms with Crippen LogP contribution in [0.15, 0.2) is 9.00 Å². The predicted octanol–water partition coefficient (Wildman–Crippen LogP) is 2.59. The summed E-state index contributed by atoms with van der Waals surface area (Å²) in [4.78, 5) is 4.23. The Hall–Kier alpha value is -1.40. The minimum Gasteiger partial charge on any atom is -0.506 e. The molecule has 0 fully saturated rings. The third-order valence-corrected chi connectivity index (χ3v) is 4.04. The minimum atomic E-state index is 0.212. The lowest BCUT2D eigenvalue weighted by Crippen LogP contribution is -1.98. The van der Waals surface area contributed by atoms with E-state index in [1.807, 2.05) is 20.8 Å². The van der Waals surface area contributed by atoms with E-state index in [1.165, 1.54) is 0 Å². The van der Waals surface area contributed by atoms with Gasteiger partial charge in [0, 0.05) is 5.56 Å². The predicted molar refractivity (Wildman–Crippen MR) is 71.2 cm³/mol. The van der Waals surface area contributed by atoms with Crippen LogP contribution in [0, 0.1) is 20.8 Å². The normalized spacial score (nSPS) is 10.9. The number of aromatic nitrogens is 2. The van der Waals surface area contributed by atoms with E-state index >= 15 is 0 Å². The summed E-state index contributed by atoms with van der Waals surface area (Å²) in [6, 6.07) is 0. The minimum absolute atomic E-state index is 0.212. The number of rotatable bonds is 2. The fourth-order valence-electron chi connectivity index (χ4n) is 1.87. The van der Waals surface area contributed by atoms with E-state index in [-0.39, 0.29) is 12.3 Å². The Morgan fingerprint density at radius 1 is 1.22 bits per heavy atom. The van der Waals surface area contributed by atoms with Gasteiger partial charge < -0.3 is 15.4 Å². The van der Waals surface area contributed by atoms with Gasteiger partial charge in [0.25, 0.3) is 0 Å². The fourth-order valence-corrected chi connectivity index (χ4v) is 2.37. The lowest BCUT2D eigenvalue weighted by atomic mass is 9.97. The molecule has 18 heavy (non-hydrogen) atoms. The summed E-state index contributed by atoms with van der Waals surface area (Å²) < 4.78 is 5.68. The van der Waals surface area contributed by atoms with E-state index < -0.39 is 0 Å². The van der Waals surface area contributed by atoms with Crippen molar-refractivity contribution in [2.45, 2.75) is 27.3 Å². The molecule has 1 heterocycles. The number of aromatic hydroxyl groups is 1. The summed E-state index contributed by atoms with van der Waals surface area (Å²) in [6.45, 7) is 5.87. The summed E-state index contributed by atoms with van der Waals surface area (Å²) in [7, 11) is 0. The summed E-state index contributed by atoms with van der Waals surface area (Å²) >= 11 is 3.38. The number of phenolic OH excluding ortho intramolecular Hbond substituents is 1. The summed E-state index contributed by atoms with van der Waals surface area (Å²) in [5.41, 5.74) is 8.91. The van der Waals surface area contributed by atoms with E-state index in [0.29, 0.717) is 16.2 Å². The third-order valence-electron chi connectivity index (χ3n) is 3.07. The van der Waals surface area contributed by atoms with Crippen LogP contribution in [0.4, 0.5) is 0 Å². The largest absolute Gasteiger partial charge is 0.506 e. The molecule has 0 amide bonds. The van der Waals surface area contributed by atoms with Gasteiger partial charge in [-0.25, -0.2) is 0 Å². The maximum atomic E-state index is 9.96. The van der Waals surface area contributed by atoms with Crippen molar-refractivity contribution in [3.05, 3.63) is 27.1 Å². The molecule has 2 rings (SSSR count). The maximum absolute atomic E-state index is 9.96. The van der Waals surface area contributed by atoms with Gasteiger partial charge in [0.1, 0.15) is 5.75 Å². The van der Waals surface area contributed by atoms with Crippen LogP contribution >= 0.6 is 15.9 Å².